The first-order valence-corrected chi connectivity index (χ1v) is 7.67. The number of hydrogen-bond donors (Lipinski definition) is 1. The molecule has 4 atom stereocenters. The molecule has 106 valence electrons. The van der Waals surface area contributed by atoms with Gasteiger partial charge in [0, 0.05) is 13.0 Å². The number of carboxylic acid groups (broad SMARTS) is 1. The number of piperidine rings is 1. The lowest BCUT2D eigenvalue weighted by Crippen LogP contribution is -2.48. The highest BCUT2D eigenvalue weighted by Crippen LogP contribution is 2.49. The van der Waals surface area contributed by atoms with Gasteiger partial charge in [-0.3, -0.25) is 4.79 Å². The number of nitrogens with zero attached hydrogens (tertiary/aromatic N) is 1. The van der Waals surface area contributed by atoms with Crippen LogP contribution in [0.3, 0.4) is 0 Å². The zero-order valence-corrected chi connectivity index (χ0v) is 11.4. The summed E-state index contributed by atoms with van der Waals surface area (Å²) in [5.41, 5.74) is 0. The van der Waals surface area contributed by atoms with Gasteiger partial charge in [0.25, 0.3) is 0 Å². The van der Waals surface area contributed by atoms with Crippen molar-refractivity contribution in [1.82, 2.24) is 4.90 Å². The maximum absolute atomic E-state index is 12.4. The molecule has 0 spiro atoms. The molecule has 0 aromatic carbocycles. The van der Waals surface area contributed by atoms with E-state index in [-0.39, 0.29) is 5.91 Å². The number of aliphatic carboxylic acids is 1. The van der Waals surface area contributed by atoms with Gasteiger partial charge in [-0.25, -0.2) is 4.79 Å². The largest absolute Gasteiger partial charge is 0.480 e. The summed E-state index contributed by atoms with van der Waals surface area (Å²) in [4.78, 5) is 25.3. The van der Waals surface area contributed by atoms with E-state index in [1.54, 1.807) is 4.90 Å². The fraction of sp³-hybridized carbons (Fsp3) is 0.867. The fourth-order valence-electron chi connectivity index (χ4n) is 4.45. The maximum atomic E-state index is 12.4. The Balaban J connectivity index is 1.61. The average Bonchev–Trinajstić information content (AvgIpc) is 3.01. The van der Waals surface area contributed by atoms with Crippen LogP contribution in [0.1, 0.15) is 51.4 Å². The molecule has 1 aliphatic heterocycles. The molecule has 0 aromatic heterocycles. The van der Waals surface area contributed by atoms with Crippen molar-refractivity contribution in [2.24, 2.45) is 17.8 Å². The molecule has 0 aromatic rings. The normalized spacial score (nSPS) is 37.6. The molecule has 3 rings (SSSR count). The molecular weight excluding hydrogens is 242 g/mol. The van der Waals surface area contributed by atoms with E-state index in [2.05, 4.69) is 0 Å². The molecule has 3 unspecified atom stereocenters. The molecule has 2 saturated carbocycles. The van der Waals surface area contributed by atoms with Crippen molar-refractivity contribution in [3.63, 3.8) is 0 Å². The minimum absolute atomic E-state index is 0.0876. The Bertz CT molecular complexity index is 382. The minimum Gasteiger partial charge on any atom is -0.480 e. The molecule has 3 aliphatic rings. The van der Waals surface area contributed by atoms with Crippen molar-refractivity contribution >= 4 is 11.9 Å². The van der Waals surface area contributed by atoms with Crippen LogP contribution in [0.5, 0.6) is 0 Å². The van der Waals surface area contributed by atoms with Crippen LogP contribution in [0.25, 0.3) is 0 Å². The SMILES string of the molecule is O=C(O)[C@@H]1CCCCN1C(=O)CC1CC2CCC1C2. The zero-order valence-electron chi connectivity index (χ0n) is 11.4. The molecule has 3 fully saturated rings. The van der Waals surface area contributed by atoms with E-state index in [9.17, 15) is 14.7 Å². The van der Waals surface area contributed by atoms with E-state index in [4.69, 9.17) is 0 Å². The molecule has 0 radical (unpaired) electrons. The second kappa shape index (κ2) is 5.14. The molecule has 2 bridgehead atoms. The van der Waals surface area contributed by atoms with Crippen LogP contribution in [0.15, 0.2) is 0 Å². The Labute approximate surface area is 114 Å². The van der Waals surface area contributed by atoms with Crippen LogP contribution in [0.4, 0.5) is 0 Å². The Morgan fingerprint density at radius 2 is 1.95 bits per heavy atom. The molecule has 4 nitrogen and oxygen atoms in total. The first kappa shape index (κ1) is 12.9. The lowest BCUT2D eigenvalue weighted by Gasteiger charge is -2.34. The lowest BCUT2D eigenvalue weighted by molar-refractivity contribution is -0.152. The van der Waals surface area contributed by atoms with Gasteiger partial charge < -0.3 is 10.0 Å². The fourth-order valence-corrected chi connectivity index (χ4v) is 4.45. The van der Waals surface area contributed by atoms with Crippen molar-refractivity contribution in [3.05, 3.63) is 0 Å². The number of carboxylic acids is 1. The topological polar surface area (TPSA) is 57.6 Å². The predicted molar refractivity (Wildman–Crippen MR) is 70.5 cm³/mol. The minimum atomic E-state index is -0.832. The molecule has 1 heterocycles. The Kier molecular flexibility index (Phi) is 3.50. The van der Waals surface area contributed by atoms with Crippen LogP contribution in [0.2, 0.25) is 0 Å². The third-order valence-electron chi connectivity index (χ3n) is 5.43. The van der Waals surface area contributed by atoms with Gasteiger partial charge in [0.05, 0.1) is 0 Å². The summed E-state index contributed by atoms with van der Waals surface area (Å²) in [5.74, 6) is 1.37. The highest BCUT2D eigenvalue weighted by atomic mass is 16.4. The van der Waals surface area contributed by atoms with Crippen LogP contribution < -0.4 is 0 Å². The summed E-state index contributed by atoms with van der Waals surface area (Å²) >= 11 is 0. The number of rotatable bonds is 3. The number of carbonyl (C=O) groups excluding carboxylic acids is 1. The number of amides is 1. The third kappa shape index (κ3) is 2.49. The number of likely N-dealkylation sites (tertiary alicyclic amines) is 1. The van der Waals surface area contributed by atoms with Gasteiger partial charge in [-0.15, -0.1) is 0 Å². The molecule has 1 saturated heterocycles. The summed E-state index contributed by atoms with van der Waals surface area (Å²) in [5, 5.41) is 9.23. The van der Waals surface area contributed by atoms with E-state index >= 15 is 0 Å². The number of carbonyl (C=O) groups is 2. The van der Waals surface area contributed by atoms with Crippen LogP contribution in [-0.2, 0) is 9.59 Å². The Morgan fingerprint density at radius 1 is 1.11 bits per heavy atom. The molecule has 4 heteroatoms. The molecule has 1 amide bonds. The van der Waals surface area contributed by atoms with Gasteiger partial charge >= 0.3 is 5.97 Å². The maximum Gasteiger partial charge on any atom is 0.326 e. The second-order valence-electron chi connectivity index (χ2n) is 6.58. The van der Waals surface area contributed by atoms with Crippen molar-refractivity contribution in [2.75, 3.05) is 6.54 Å². The lowest BCUT2D eigenvalue weighted by atomic mass is 9.85. The monoisotopic (exact) mass is 265 g/mol. The van der Waals surface area contributed by atoms with E-state index in [1.807, 2.05) is 0 Å². The summed E-state index contributed by atoms with van der Waals surface area (Å²) in [6, 6.07) is -0.570. The van der Waals surface area contributed by atoms with E-state index in [0.29, 0.717) is 25.3 Å². The van der Waals surface area contributed by atoms with Gasteiger partial charge in [-0.1, -0.05) is 6.42 Å². The van der Waals surface area contributed by atoms with Gasteiger partial charge in [0.1, 0.15) is 6.04 Å². The van der Waals surface area contributed by atoms with Gasteiger partial charge in [-0.05, 0) is 56.3 Å². The summed E-state index contributed by atoms with van der Waals surface area (Å²) in [7, 11) is 0. The smallest absolute Gasteiger partial charge is 0.326 e. The highest BCUT2D eigenvalue weighted by Gasteiger charge is 2.41. The van der Waals surface area contributed by atoms with E-state index < -0.39 is 12.0 Å². The van der Waals surface area contributed by atoms with Crippen LogP contribution >= 0.6 is 0 Å². The van der Waals surface area contributed by atoms with Crippen molar-refractivity contribution in [1.29, 1.82) is 0 Å². The Morgan fingerprint density at radius 3 is 2.58 bits per heavy atom. The zero-order chi connectivity index (χ0) is 13.4. The van der Waals surface area contributed by atoms with Crippen LogP contribution in [-0.4, -0.2) is 34.5 Å². The summed E-state index contributed by atoms with van der Waals surface area (Å²) in [6.07, 6.45) is 8.22. The molecule has 1 N–H and O–H groups in total. The summed E-state index contributed by atoms with van der Waals surface area (Å²) < 4.78 is 0. The molecular formula is C15H23NO3. The molecule has 19 heavy (non-hydrogen) atoms. The van der Waals surface area contributed by atoms with Crippen molar-refractivity contribution in [2.45, 2.75) is 57.4 Å². The second-order valence-corrected chi connectivity index (χ2v) is 6.58. The first-order valence-electron chi connectivity index (χ1n) is 7.67. The standard InChI is InChI=1S/C15H23NO3/c17-14(9-12-8-10-4-5-11(12)7-10)16-6-2-1-3-13(16)15(18)19/h10-13H,1-9H2,(H,18,19)/t10?,11?,12?,13-/m0/s1. The average molecular weight is 265 g/mol. The number of hydrogen-bond acceptors (Lipinski definition) is 2. The van der Waals surface area contributed by atoms with Gasteiger partial charge in [-0.2, -0.15) is 0 Å². The van der Waals surface area contributed by atoms with Crippen molar-refractivity contribution in [3.8, 4) is 0 Å². The first-order chi connectivity index (χ1) is 9.15. The highest BCUT2D eigenvalue weighted by molar-refractivity contribution is 5.84. The number of fused-ring (bicyclic) bond motifs is 2. The third-order valence-corrected chi connectivity index (χ3v) is 5.43. The molecule has 2 aliphatic carbocycles. The quantitative estimate of drug-likeness (QED) is 0.851. The van der Waals surface area contributed by atoms with E-state index in [1.165, 1.54) is 25.7 Å². The predicted octanol–water partition coefficient (Wildman–Crippen LogP) is 2.28. The van der Waals surface area contributed by atoms with Crippen molar-refractivity contribution < 1.29 is 14.7 Å². The van der Waals surface area contributed by atoms with Gasteiger partial charge in [0.15, 0.2) is 0 Å². The van der Waals surface area contributed by atoms with E-state index in [0.717, 1.165) is 24.7 Å². The van der Waals surface area contributed by atoms with Gasteiger partial charge in [0.2, 0.25) is 5.91 Å². The summed E-state index contributed by atoms with van der Waals surface area (Å²) in [6.45, 7) is 0.636. The van der Waals surface area contributed by atoms with Crippen LogP contribution in [0, 0.1) is 17.8 Å². The Hall–Kier alpha value is -1.06.